The Bertz CT molecular complexity index is 406. The molecular weight excluding hydrogens is 309 g/mol. The number of likely N-dealkylation sites (tertiary alicyclic amines) is 1. The second kappa shape index (κ2) is 7.22. The Morgan fingerprint density at radius 2 is 2.11 bits per heavy atom. The molecule has 1 aliphatic heterocycles. The summed E-state index contributed by atoms with van der Waals surface area (Å²) in [6.07, 6.45) is 2.31. The van der Waals surface area contributed by atoms with Crippen LogP contribution in [0.2, 0.25) is 0 Å². The van der Waals surface area contributed by atoms with Gasteiger partial charge in [0.05, 0.1) is 5.69 Å². The number of hydrogen-bond acceptors (Lipinski definition) is 3. The van der Waals surface area contributed by atoms with Gasteiger partial charge in [-0.3, -0.25) is 0 Å². The first-order chi connectivity index (χ1) is 9.19. The van der Waals surface area contributed by atoms with Gasteiger partial charge in [-0.15, -0.1) is 0 Å². The maximum atomic E-state index is 13.6. The van der Waals surface area contributed by atoms with Crippen LogP contribution in [-0.2, 0) is 0 Å². The van der Waals surface area contributed by atoms with Crippen molar-refractivity contribution in [2.75, 3.05) is 38.0 Å². The van der Waals surface area contributed by atoms with Crippen LogP contribution in [0.4, 0.5) is 10.1 Å². The first kappa shape index (κ1) is 14.8. The molecule has 3 N–H and O–H groups in total. The monoisotopic (exact) mass is 329 g/mol. The Hall–Kier alpha value is -0.650. The predicted octanol–water partition coefficient (Wildman–Crippen LogP) is 2.67. The molecule has 19 heavy (non-hydrogen) atoms. The third-order valence-corrected chi connectivity index (χ3v) is 4.16. The van der Waals surface area contributed by atoms with Crippen LogP contribution in [0, 0.1) is 11.7 Å². The average molecular weight is 330 g/mol. The zero-order valence-corrected chi connectivity index (χ0v) is 12.6. The van der Waals surface area contributed by atoms with Crippen LogP contribution in [0.5, 0.6) is 0 Å². The molecule has 0 aromatic heterocycles. The van der Waals surface area contributed by atoms with Crippen molar-refractivity contribution in [1.29, 1.82) is 0 Å². The summed E-state index contributed by atoms with van der Waals surface area (Å²) < 4.78 is 14.5. The number of anilines is 1. The first-order valence-electron chi connectivity index (χ1n) is 6.80. The van der Waals surface area contributed by atoms with Crippen LogP contribution in [0.3, 0.4) is 0 Å². The number of benzene rings is 1. The van der Waals surface area contributed by atoms with Gasteiger partial charge in [0.1, 0.15) is 5.82 Å². The lowest BCUT2D eigenvalue weighted by molar-refractivity contribution is 0.194. The lowest BCUT2D eigenvalue weighted by Gasteiger charge is -2.31. The number of rotatable bonds is 5. The van der Waals surface area contributed by atoms with Gasteiger partial charge >= 0.3 is 0 Å². The van der Waals surface area contributed by atoms with Crippen molar-refractivity contribution in [2.45, 2.75) is 12.8 Å². The molecule has 0 aliphatic carbocycles. The number of nitrogens with two attached hydrogens (primary N) is 1. The Morgan fingerprint density at radius 1 is 1.37 bits per heavy atom. The highest BCUT2D eigenvalue weighted by Gasteiger charge is 2.18. The van der Waals surface area contributed by atoms with Gasteiger partial charge in [-0.1, -0.05) is 15.9 Å². The van der Waals surface area contributed by atoms with Gasteiger partial charge in [-0.2, -0.15) is 0 Å². The van der Waals surface area contributed by atoms with E-state index in [1.165, 1.54) is 6.07 Å². The molecule has 1 aromatic carbocycles. The van der Waals surface area contributed by atoms with Crippen molar-refractivity contribution in [3.8, 4) is 0 Å². The maximum absolute atomic E-state index is 13.6. The summed E-state index contributed by atoms with van der Waals surface area (Å²) in [6.45, 7) is 4.76. The summed E-state index contributed by atoms with van der Waals surface area (Å²) >= 11 is 3.36. The van der Waals surface area contributed by atoms with Crippen LogP contribution >= 0.6 is 15.9 Å². The number of hydrogen-bond donors (Lipinski definition) is 2. The van der Waals surface area contributed by atoms with E-state index in [2.05, 4.69) is 26.1 Å². The molecule has 1 heterocycles. The molecule has 0 saturated carbocycles. The Kier molecular flexibility index (Phi) is 5.60. The Labute approximate surface area is 122 Å². The molecule has 1 aromatic rings. The van der Waals surface area contributed by atoms with Crippen molar-refractivity contribution < 1.29 is 4.39 Å². The van der Waals surface area contributed by atoms with Gasteiger partial charge in [0.25, 0.3) is 0 Å². The van der Waals surface area contributed by atoms with E-state index in [4.69, 9.17) is 5.73 Å². The highest BCUT2D eigenvalue weighted by molar-refractivity contribution is 9.10. The van der Waals surface area contributed by atoms with E-state index in [9.17, 15) is 4.39 Å². The molecule has 106 valence electrons. The van der Waals surface area contributed by atoms with E-state index in [0.717, 1.165) is 50.0 Å². The number of nitrogens with zero attached hydrogens (tertiary/aromatic N) is 1. The summed E-state index contributed by atoms with van der Waals surface area (Å²) in [7, 11) is 0. The van der Waals surface area contributed by atoms with E-state index in [0.29, 0.717) is 11.6 Å². The third-order valence-electron chi connectivity index (χ3n) is 3.66. The lowest BCUT2D eigenvalue weighted by Crippen LogP contribution is -2.38. The normalized spacial score (nSPS) is 17.6. The van der Waals surface area contributed by atoms with Crippen LogP contribution < -0.4 is 11.1 Å². The van der Waals surface area contributed by atoms with Gasteiger partial charge < -0.3 is 16.0 Å². The molecule has 0 bridgehead atoms. The minimum atomic E-state index is -0.191. The van der Waals surface area contributed by atoms with Crippen LogP contribution in [0.25, 0.3) is 0 Å². The van der Waals surface area contributed by atoms with Crippen molar-refractivity contribution in [2.24, 2.45) is 11.7 Å². The van der Waals surface area contributed by atoms with E-state index in [1.54, 1.807) is 12.1 Å². The van der Waals surface area contributed by atoms with Gasteiger partial charge in [-0.25, -0.2) is 4.39 Å². The Morgan fingerprint density at radius 3 is 2.79 bits per heavy atom. The number of nitrogens with one attached hydrogen (secondary N) is 1. The summed E-state index contributed by atoms with van der Waals surface area (Å²) in [4.78, 5) is 2.40. The molecule has 1 saturated heterocycles. The standard InChI is InChI=1S/C14H21BrFN3/c15-12-1-2-13(16)14(9-12)18-10-11-3-6-19(7-4-11)8-5-17/h1-2,9,11,18H,3-8,10,17H2. The lowest BCUT2D eigenvalue weighted by atomic mass is 9.96. The molecule has 1 fully saturated rings. The molecule has 1 aliphatic rings. The highest BCUT2D eigenvalue weighted by Crippen LogP contribution is 2.22. The van der Waals surface area contributed by atoms with Crippen LogP contribution in [-0.4, -0.2) is 37.6 Å². The minimum Gasteiger partial charge on any atom is -0.382 e. The predicted molar refractivity (Wildman–Crippen MR) is 80.8 cm³/mol. The van der Waals surface area contributed by atoms with E-state index in [1.807, 2.05) is 0 Å². The van der Waals surface area contributed by atoms with E-state index in [-0.39, 0.29) is 5.82 Å². The number of halogens is 2. The first-order valence-corrected chi connectivity index (χ1v) is 7.59. The molecule has 3 nitrogen and oxygen atoms in total. The molecule has 0 unspecified atom stereocenters. The fourth-order valence-corrected chi connectivity index (χ4v) is 2.85. The molecule has 0 radical (unpaired) electrons. The van der Waals surface area contributed by atoms with Gasteiger partial charge in [-0.05, 0) is 50.0 Å². The topological polar surface area (TPSA) is 41.3 Å². The molecule has 5 heteroatoms. The molecule has 0 atom stereocenters. The second-order valence-electron chi connectivity index (χ2n) is 5.08. The zero-order valence-electron chi connectivity index (χ0n) is 11.0. The summed E-state index contributed by atoms with van der Waals surface area (Å²) in [5, 5.41) is 3.22. The quantitative estimate of drug-likeness (QED) is 0.872. The average Bonchev–Trinajstić information content (AvgIpc) is 2.42. The van der Waals surface area contributed by atoms with Crippen LogP contribution in [0.15, 0.2) is 22.7 Å². The second-order valence-corrected chi connectivity index (χ2v) is 5.99. The van der Waals surface area contributed by atoms with Crippen molar-refractivity contribution in [1.82, 2.24) is 4.90 Å². The summed E-state index contributed by atoms with van der Waals surface area (Å²) in [6, 6.07) is 4.99. The SMILES string of the molecule is NCCN1CCC(CNc2cc(Br)ccc2F)CC1. The summed E-state index contributed by atoms with van der Waals surface area (Å²) in [5.41, 5.74) is 6.14. The van der Waals surface area contributed by atoms with Gasteiger partial charge in [0.2, 0.25) is 0 Å². The fourth-order valence-electron chi connectivity index (χ4n) is 2.48. The molecule has 2 rings (SSSR count). The van der Waals surface area contributed by atoms with E-state index >= 15 is 0 Å². The van der Waals surface area contributed by atoms with Gasteiger partial charge in [0, 0.05) is 24.1 Å². The fraction of sp³-hybridized carbons (Fsp3) is 0.571. The van der Waals surface area contributed by atoms with Crippen LogP contribution in [0.1, 0.15) is 12.8 Å². The van der Waals surface area contributed by atoms with E-state index < -0.39 is 0 Å². The summed E-state index contributed by atoms with van der Waals surface area (Å²) in [5.74, 6) is 0.427. The zero-order chi connectivity index (χ0) is 13.7. The van der Waals surface area contributed by atoms with Gasteiger partial charge in [0.15, 0.2) is 0 Å². The minimum absolute atomic E-state index is 0.191. The van der Waals surface area contributed by atoms with Crippen molar-refractivity contribution >= 4 is 21.6 Å². The smallest absolute Gasteiger partial charge is 0.146 e. The third kappa shape index (κ3) is 4.44. The largest absolute Gasteiger partial charge is 0.382 e. The highest BCUT2D eigenvalue weighted by atomic mass is 79.9. The maximum Gasteiger partial charge on any atom is 0.146 e. The molecule has 0 amide bonds. The Balaban J connectivity index is 1.79. The van der Waals surface area contributed by atoms with Crippen molar-refractivity contribution in [3.05, 3.63) is 28.5 Å². The number of piperidine rings is 1. The van der Waals surface area contributed by atoms with Crippen molar-refractivity contribution in [3.63, 3.8) is 0 Å². The molecule has 0 spiro atoms. The molecular formula is C14H21BrFN3.